The van der Waals surface area contributed by atoms with Gasteiger partial charge in [-0.25, -0.2) is 5.48 Å². The minimum atomic E-state index is -0.550. The summed E-state index contributed by atoms with van der Waals surface area (Å²) in [5, 5.41) is 8.71. The highest BCUT2D eigenvalue weighted by Gasteiger charge is 2.16. The summed E-state index contributed by atoms with van der Waals surface area (Å²) in [6.45, 7) is 3.98. The average molecular weight is 379 g/mol. The summed E-state index contributed by atoms with van der Waals surface area (Å²) in [6.07, 6.45) is 4.18. The molecule has 0 saturated heterocycles. The van der Waals surface area contributed by atoms with Crippen LogP contribution in [0.3, 0.4) is 0 Å². The quantitative estimate of drug-likeness (QED) is 0.546. The van der Waals surface area contributed by atoms with Crippen molar-refractivity contribution in [1.82, 2.24) is 10.4 Å². The summed E-state index contributed by atoms with van der Waals surface area (Å²) >= 11 is 0. The van der Waals surface area contributed by atoms with Gasteiger partial charge in [0, 0.05) is 24.9 Å². The molecule has 2 N–H and O–H groups in total. The molecular weight excluding hydrogens is 354 g/mol. The molecule has 0 aromatic heterocycles. The van der Waals surface area contributed by atoms with Crippen molar-refractivity contribution in [3.8, 4) is 0 Å². The fraction of sp³-hybridized carbons (Fsp3) is 0.318. The van der Waals surface area contributed by atoms with Crippen LogP contribution in [0.15, 0.2) is 47.5 Å². The van der Waals surface area contributed by atoms with E-state index in [9.17, 15) is 9.59 Å². The zero-order chi connectivity index (χ0) is 19.9. The molecule has 0 aliphatic carbocycles. The van der Waals surface area contributed by atoms with Crippen LogP contribution in [0.2, 0.25) is 0 Å². The van der Waals surface area contributed by atoms with Gasteiger partial charge in [-0.3, -0.25) is 19.8 Å². The first kappa shape index (κ1) is 19.8. The van der Waals surface area contributed by atoms with Gasteiger partial charge in [-0.15, -0.1) is 0 Å². The molecule has 6 heteroatoms. The predicted octanol–water partition coefficient (Wildman–Crippen LogP) is 3.11. The van der Waals surface area contributed by atoms with E-state index in [2.05, 4.69) is 18.0 Å². The van der Waals surface area contributed by atoms with E-state index >= 15 is 0 Å². The van der Waals surface area contributed by atoms with Gasteiger partial charge in [-0.05, 0) is 40.8 Å². The summed E-state index contributed by atoms with van der Waals surface area (Å²) < 4.78 is 0. The molecule has 3 rings (SSSR count). The number of hydrogen-bond acceptors (Lipinski definition) is 4. The second-order valence-electron chi connectivity index (χ2n) is 6.99. The number of hydroxylamine groups is 1. The van der Waals surface area contributed by atoms with Gasteiger partial charge in [-0.2, -0.15) is 0 Å². The first-order chi connectivity index (χ1) is 13.6. The molecule has 0 saturated carbocycles. The Morgan fingerprint density at radius 1 is 1.14 bits per heavy atom. The third-order valence-corrected chi connectivity index (χ3v) is 4.88. The van der Waals surface area contributed by atoms with Crippen molar-refractivity contribution < 1.29 is 14.8 Å². The number of aliphatic imine (C=N–C) groups is 1. The second-order valence-corrected chi connectivity index (χ2v) is 6.99. The maximum absolute atomic E-state index is 12.9. The number of fused-ring (bicyclic) bond motifs is 1. The van der Waals surface area contributed by atoms with Crippen LogP contribution >= 0.6 is 0 Å². The molecule has 0 bridgehead atoms. The van der Waals surface area contributed by atoms with Crippen LogP contribution in [0.1, 0.15) is 52.4 Å². The minimum Gasteiger partial charge on any atom is -0.338 e. The average Bonchev–Trinajstić information content (AvgIpc) is 3.18. The molecule has 1 heterocycles. The lowest BCUT2D eigenvalue weighted by Crippen LogP contribution is -2.32. The third-order valence-electron chi connectivity index (χ3n) is 4.88. The third kappa shape index (κ3) is 4.84. The number of amides is 2. The second kappa shape index (κ2) is 9.28. The smallest absolute Gasteiger partial charge is 0.274 e. The number of benzene rings is 2. The number of carbonyl (C=O) groups excluding carboxylic acids is 2. The lowest BCUT2D eigenvalue weighted by Gasteiger charge is -2.23. The molecule has 2 aromatic carbocycles. The monoisotopic (exact) mass is 379 g/mol. The molecular formula is C22H25N3O3. The molecule has 0 unspecified atom stereocenters. The van der Waals surface area contributed by atoms with Gasteiger partial charge in [0.05, 0.1) is 13.0 Å². The van der Waals surface area contributed by atoms with E-state index in [1.807, 2.05) is 35.4 Å². The van der Waals surface area contributed by atoms with Crippen molar-refractivity contribution in [2.24, 2.45) is 4.99 Å². The molecule has 0 fully saturated rings. The van der Waals surface area contributed by atoms with Crippen LogP contribution in [-0.2, 0) is 24.3 Å². The SMILES string of the molecule is CCCCN(Cc1ccc(C(=O)NO)cc1)C(=O)Cc1ccc2c(c1)CN=C2. The van der Waals surface area contributed by atoms with E-state index < -0.39 is 5.91 Å². The van der Waals surface area contributed by atoms with Crippen molar-refractivity contribution >= 4 is 18.0 Å². The summed E-state index contributed by atoms with van der Waals surface area (Å²) in [5.41, 5.74) is 6.24. The highest BCUT2D eigenvalue weighted by atomic mass is 16.5. The number of nitrogens with zero attached hydrogens (tertiary/aromatic N) is 2. The highest BCUT2D eigenvalue weighted by molar-refractivity contribution is 5.93. The summed E-state index contributed by atoms with van der Waals surface area (Å²) in [5.74, 6) is -0.462. The Labute approximate surface area is 164 Å². The minimum absolute atomic E-state index is 0.0875. The molecule has 2 aromatic rings. The number of rotatable bonds is 8. The van der Waals surface area contributed by atoms with Crippen LogP contribution < -0.4 is 5.48 Å². The Hall–Kier alpha value is -2.99. The molecule has 0 spiro atoms. The molecule has 6 nitrogen and oxygen atoms in total. The first-order valence-corrected chi connectivity index (χ1v) is 9.53. The standard InChI is InChI=1S/C22H25N3O3/c1-2-3-10-25(15-16-4-7-18(8-5-16)22(27)24-28)21(26)12-17-6-9-19-13-23-14-20(19)11-17/h4-9,11,13,28H,2-3,10,12,14-15H2,1H3,(H,24,27). The van der Waals surface area contributed by atoms with E-state index in [1.54, 1.807) is 17.6 Å². The highest BCUT2D eigenvalue weighted by Crippen LogP contribution is 2.18. The van der Waals surface area contributed by atoms with Crippen molar-refractivity contribution in [3.63, 3.8) is 0 Å². The van der Waals surface area contributed by atoms with E-state index in [4.69, 9.17) is 5.21 Å². The lowest BCUT2D eigenvalue weighted by atomic mass is 10.0. The van der Waals surface area contributed by atoms with Crippen LogP contribution in [0.4, 0.5) is 0 Å². The van der Waals surface area contributed by atoms with Gasteiger partial charge in [0.25, 0.3) is 5.91 Å². The molecule has 2 amide bonds. The Kier molecular flexibility index (Phi) is 6.55. The van der Waals surface area contributed by atoms with E-state index in [0.29, 0.717) is 31.6 Å². The molecule has 0 radical (unpaired) electrons. The molecule has 28 heavy (non-hydrogen) atoms. The molecule has 0 atom stereocenters. The van der Waals surface area contributed by atoms with Crippen molar-refractivity contribution in [2.75, 3.05) is 6.54 Å². The fourth-order valence-corrected chi connectivity index (χ4v) is 3.25. The topological polar surface area (TPSA) is 82.0 Å². The van der Waals surface area contributed by atoms with E-state index in [1.165, 1.54) is 5.56 Å². The van der Waals surface area contributed by atoms with E-state index in [0.717, 1.165) is 29.5 Å². The largest absolute Gasteiger partial charge is 0.338 e. The summed E-state index contributed by atoms with van der Waals surface area (Å²) in [6, 6.07) is 13.0. The van der Waals surface area contributed by atoms with Crippen molar-refractivity contribution in [1.29, 1.82) is 0 Å². The van der Waals surface area contributed by atoms with Gasteiger partial charge < -0.3 is 4.90 Å². The van der Waals surface area contributed by atoms with Gasteiger partial charge in [0.1, 0.15) is 0 Å². The van der Waals surface area contributed by atoms with Gasteiger partial charge in [0.2, 0.25) is 5.91 Å². The number of unbranched alkanes of at least 4 members (excludes halogenated alkanes) is 1. The Morgan fingerprint density at radius 2 is 1.89 bits per heavy atom. The van der Waals surface area contributed by atoms with Gasteiger partial charge >= 0.3 is 0 Å². The van der Waals surface area contributed by atoms with Gasteiger partial charge in [0.15, 0.2) is 0 Å². The van der Waals surface area contributed by atoms with Gasteiger partial charge in [-0.1, -0.05) is 43.7 Å². The molecule has 1 aliphatic heterocycles. The van der Waals surface area contributed by atoms with Crippen molar-refractivity contribution in [3.05, 3.63) is 70.3 Å². The summed E-state index contributed by atoms with van der Waals surface area (Å²) in [4.78, 5) is 30.5. The molecule has 1 aliphatic rings. The van der Waals surface area contributed by atoms with Crippen LogP contribution in [0, 0.1) is 0 Å². The lowest BCUT2D eigenvalue weighted by molar-refractivity contribution is -0.131. The zero-order valence-electron chi connectivity index (χ0n) is 16.0. The predicted molar refractivity (Wildman–Crippen MR) is 107 cm³/mol. The number of carbonyl (C=O) groups is 2. The zero-order valence-corrected chi connectivity index (χ0v) is 16.0. The molecule has 146 valence electrons. The Balaban J connectivity index is 1.68. The fourth-order valence-electron chi connectivity index (χ4n) is 3.25. The van der Waals surface area contributed by atoms with Crippen LogP contribution in [0.5, 0.6) is 0 Å². The maximum atomic E-state index is 12.9. The van der Waals surface area contributed by atoms with Crippen LogP contribution in [0.25, 0.3) is 0 Å². The number of nitrogens with one attached hydrogen (secondary N) is 1. The Morgan fingerprint density at radius 3 is 2.61 bits per heavy atom. The normalized spacial score (nSPS) is 11.9. The first-order valence-electron chi connectivity index (χ1n) is 9.53. The number of hydrogen-bond donors (Lipinski definition) is 2. The van der Waals surface area contributed by atoms with E-state index in [-0.39, 0.29) is 5.91 Å². The van der Waals surface area contributed by atoms with Crippen molar-refractivity contribution in [2.45, 2.75) is 39.3 Å². The Bertz CT molecular complexity index is 875. The summed E-state index contributed by atoms with van der Waals surface area (Å²) in [7, 11) is 0. The maximum Gasteiger partial charge on any atom is 0.274 e. The van der Waals surface area contributed by atoms with Crippen LogP contribution in [-0.4, -0.2) is 34.7 Å².